The number of ketones is 1. The van der Waals surface area contributed by atoms with E-state index in [0.717, 1.165) is 36.6 Å². The van der Waals surface area contributed by atoms with Crippen LogP contribution >= 0.6 is 0 Å². The van der Waals surface area contributed by atoms with E-state index in [1.165, 1.54) is 0 Å². The summed E-state index contributed by atoms with van der Waals surface area (Å²) in [5.74, 6) is -2.41. The molecule has 174 valence electrons. The summed E-state index contributed by atoms with van der Waals surface area (Å²) in [6.07, 6.45) is 2.69. The standard InChI is InChI=1S/C26H28F2N2O3/c27-21-8-9-23(28)22(16-21)25(32)19-10-13-29(14-11-19)26(33)20-7-4-12-30(17-20)24(31)15-18-5-2-1-3-6-18/h1-3,5-6,8-9,16,19-20H,4,7,10-15,17H2. The van der Waals surface area contributed by atoms with Crippen LogP contribution in [0.25, 0.3) is 0 Å². The molecule has 0 aliphatic carbocycles. The van der Waals surface area contributed by atoms with Gasteiger partial charge in [-0.1, -0.05) is 30.3 Å². The first-order valence-electron chi connectivity index (χ1n) is 11.5. The van der Waals surface area contributed by atoms with Crippen molar-refractivity contribution in [1.29, 1.82) is 0 Å². The van der Waals surface area contributed by atoms with Crippen molar-refractivity contribution in [2.75, 3.05) is 26.2 Å². The molecule has 2 fully saturated rings. The summed E-state index contributed by atoms with van der Waals surface area (Å²) in [5.41, 5.74) is 0.733. The predicted molar refractivity (Wildman–Crippen MR) is 119 cm³/mol. The Labute approximate surface area is 192 Å². The van der Waals surface area contributed by atoms with Gasteiger partial charge in [-0.05, 0) is 49.4 Å². The van der Waals surface area contributed by atoms with Gasteiger partial charge in [-0.15, -0.1) is 0 Å². The Bertz CT molecular complexity index is 1020. The Morgan fingerprint density at radius 2 is 1.58 bits per heavy atom. The van der Waals surface area contributed by atoms with Gasteiger partial charge in [0.05, 0.1) is 17.9 Å². The summed E-state index contributed by atoms with van der Waals surface area (Å²) in [4.78, 5) is 42.0. The van der Waals surface area contributed by atoms with Crippen LogP contribution in [0.1, 0.15) is 41.6 Å². The van der Waals surface area contributed by atoms with E-state index in [1.54, 1.807) is 9.80 Å². The molecule has 2 saturated heterocycles. The lowest BCUT2D eigenvalue weighted by atomic mass is 9.87. The molecular formula is C26H28F2N2O3. The van der Waals surface area contributed by atoms with Gasteiger partial charge in [0, 0.05) is 32.1 Å². The molecule has 0 spiro atoms. The van der Waals surface area contributed by atoms with Crippen molar-refractivity contribution in [3.63, 3.8) is 0 Å². The number of amides is 2. The molecule has 0 aromatic heterocycles. The normalized spacial score (nSPS) is 19.4. The van der Waals surface area contributed by atoms with Crippen molar-refractivity contribution < 1.29 is 23.2 Å². The number of rotatable bonds is 5. The first-order chi connectivity index (χ1) is 15.9. The number of hydrogen-bond donors (Lipinski definition) is 0. The summed E-state index contributed by atoms with van der Waals surface area (Å²) < 4.78 is 27.4. The van der Waals surface area contributed by atoms with Gasteiger partial charge >= 0.3 is 0 Å². The first kappa shape index (κ1) is 23.1. The molecule has 4 rings (SSSR count). The Hall–Kier alpha value is -3.09. The highest BCUT2D eigenvalue weighted by Gasteiger charge is 2.34. The van der Waals surface area contributed by atoms with Gasteiger partial charge in [0.25, 0.3) is 0 Å². The highest BCUT2D eigenvalue weighted by atomic mass is 19.1. The molecule has 5 nitrogen and oxygen atoms in total. The maximum atomic E-state index is 14.0. The topological polar surface area (TPSA) is 57.7 Å². The lowest BCUT2D eigenvalue weighted by molar-refractivity contribution is -0.141. The van der Waals surface area contributed by atoms with Gasteiger partial charge in [0.2, 0.25) is 11.8 Å². The number of halogens is 2. The Kier molecular flexibility index (Phi) is 7.16. The van der Waals surface area contributed by atoms with E-state index in [-0.39, 0.29) is 23.3 Å². The van der Waals surface area contributed by atoms with E-state index in [1.807, 2.05) is 30.3 Å². The highest BCUT2D eigenvalue weighted by Crippen LogP contribution is 2.26. The fourth-order valence-electron chi connectivity index (χ4n) is 4.81. The third-order valence-electron chi connectivity index (χ3n) is 6.69. The van der Waals surface area contributed by atoms with Crippen LogP contribution in [-0.4, -0.2) is 53.6 Å². The van der Waals surface area contributed by atoms with Crippen molar-refractivity contribution in [3.8, 4) is 0 Å². The lowest BCUT2D eigenvalue weighted by Crippen LogP contribution is -2.49. The third-order valence-corrected chi connectivity index (χ3v) is 6.69. The van der Waals surface area contributed by atoms with Crippen molar-refractivity contribution in [1.82, 2.24) is 9.80 Å². The number of carbonyl (C=O) groups excluding carboxylic acids is 3. The zero-order valence-electron chi connectivity index (χ0n) is 18.5. The molecule has 7 heteroatoms. The molecule has 2 aliphatic rings. The third kappa shape index (κ3) is 5.46. The first-order valence-corrected chi connectivity index (χ1v) is 11.5. The minimum Gasteiger partial charge on any atom is -0.342 e. The zero-order chi connectivity index (χ0) is 23.4. The van der Waals surface area contributed by atoms with Crippen molar-refractivity contribution in [2.24, 2.45) is 11.8 Å². The average Bonchev–Trinajstić information content (AvgIpc) is 2.85. The molecule has 33 heavy (non-hydrogen) atoms. The zero-order valence-corrected chi connectivity index (χ0v) is 18.5. The second kappa shape index (κ2) is 10.2. The Morgan fingerprint density at radius 3 is 2.30 bits per heavy atom. The lowest BCUT2D eigenvalue weighted by Gasteiger charge is -2.37. The van der Waals surface area contributed by atoms with Gasteiger partial charge in [0.15, 0.2) is 5.78 Å². The van der Waals surface area contributed by atoms with Crippen molar-refractivity contribution in [2.45, 2.75) is 32.1 Å². The van der Waals surface area contributed by atoms with Gasteiger partial charge in [-0.25, -0.2) is 8.78 Å². The summed E-state index contributed by atoms with van der Waals surface area (Å²) in [7, 11) is 0. The monoisotopic (exact) mass is 454 g/mol. The van der Waals surface area contributed by atoms with E-state index in [2.05, 4.69) is 0 Å². The number of Topliss-reactive ketones (excluding diaryl/α,β-unsaturated/α-hetero) is 1. The minimum atomic E-state index is -0.720. The molecule has 0 saturated carbocycles. The molecular weight excluding hydrogens is 426 g/mol. The van der Waals surface area contributed by atoms with E-state index >= 15 is 0 Å². The number of likely N-dealkylation sites (tertiary alicyclic amines) is 2. The smallest absolute Gasteiger partial charge is 0.227 e. The van der Waals surface area contributed by atoms with Crippen molar-refractivity contribution >= 4 is 17.6 Å². The van der Waals surface area contributed by atoms with Crippen LogP contribution in [-0.2, 0) is 16.0 Å². The summed E-state index contributed by atoms with van der Waals surface area (Å²) >= 11 is 0. The molecule has 2 amide bonds. The molecule has 2 aromatic rings. The van der Waals surface area contributed by atoms with Crippen LogP contribution in [0, 0.1) is 23.5 Å². The molecule has 1 atom stereocenters. The summed E-state index contributed by atoms with van der Waals surface area (Å²) in [6, 6.07) is 12.5. The fourth-order valence-corrected chi connectivity index (χ4v) is 4.81. The molecule has 2 aromatic carbocycles. The number of hydrogen-bond acceptors (Lipinski definition) is 3. The quantitative estimate of drug-likeness (QED) is 0.645. The second-order valence-electron chi connectivity index (χ2n) is 8.93. The van der Waals surface area contributed by atoms with Gasteiger partial charge in [0.1, 0.15) is 11.6 Å². The van der Waals surface area contributed by atoms with Gasteiger partial charge < -0.3 is 9.80 Å². The summed E-state index contributed by atoms with van der Waals surface area (Å²) in [5, 5.41) is 0. The molecule has 2 aliphatic heterocycles. The number of benzene rings is 2. The van der Waals surface area contributed by atoms with E-state index in [0.29, 0.717) is 45.4 Å². The van der Waals surface area contributed by atoms with E-state index in [9.17, 15) is 23.2 Å². The van der Waals surface area contributed by atoms with Gasteiger partial charge in [-0.3, -0.25) is 14.4 Å². The van der Waals surface area contributed by atoms with E-state index < -0.39 is 23.3 Å². The molecule has 0 radical (unpaired) electrons. The molecule has 1 unspecified atom stereocenters. The van der Waals surface area contributed by atoms with Crippen LogP contribution < -0.4 is 0 Å². The maximum absolute atomic E-state index is 14.0. The Balaban J connectivity index is 1.31. The SMILES string of the molecule is O=C(c1cc(F)ccc1F)C1CCN(C(=O)C2CCCN(C(=O)Cc3ccccc3)C2)CC1. The van der Waals surface area contributed by atoms with Crippen molar-refractivity contribution in [3.05, 3.63) is 71.3 Å². The average molecular weight is 455 g/mol. The maximum Gasteiger partial charge on any atom is 0.227 e. The van der Waals surface area contributed by atoms with Crippen LogP contribution in [0.3, 0.4) is 0 Å². The largest absolute Gasteiger partial charge is 0.342 e. The molecule has 0 N–H and O–H groups in total. The van der Waals surface area contributed by atoms with E-state index in [4.69, 9.17) is 0 Å². The summed E-state index contributed by atoms with van der Waals surface area (Å²) in [6.45, 7) is 1.88. The number of piperidine rings is 2. The van der Waals surface area contributed by atoms with Crippen LogP contribution in [0.2, 0.25) is 0 Å². The van der Waals surface area contributed by atoms with Crippen LogP contribution in [0.15, 0.2) is 48.5 Å². The number of nitrogens with zero attached hydrogens (tertiary/aromatic N) is 2. The number of carbonyl (C=O) groups is 3. The highest BCUT2D eigenvalue weighted by molar-refractivity contribution is 5.98. The molecule has 0 bridgehead atoms. The fraction of sp³-hybridized carbons (Fsp3) is 0.423. The van der Waals surface area contributed by atoms with Gasteiger partial charge in [-0.2, -0.15) is 0 Å². The minimum absolute atomic E-state index is 0.00930. The Morgan fingerprint density at radius 1 is 0.848 bits per heavy atom. The van der Waals surface area contributed by atoms with Crippen LogP contribution in [0.5, 0.6) is 0 Å². The molecule has 2 heterocycles. The van der Waals surface area contributed by atoms with Crippen LogP contribution in [0.4, 0.5) is 8.78 Å². The predicted octanol–water partition coefficient (Wildman–Crippen LogP) is 3.87. The second-order valence-corrected chi connectivity index (χ2v) is 8.93.